The smallest absolute Gasteiger partial charge is 0.229 e. The summed E-state index contributed by atoms with van der Waals surface area (Å²) >= 11 is 0. The van der Waals surface area contributed by atoms with E-state index in [1.165, 1.54) is 13.4 Å². The van der Waals surface area contributed by atoms with E-state index < -0.39 is 0 Å². The van der Waals surface area contributed by atoms with Gasteiger partial charge in [-0.2, -0.15) is 0 Å². The molecule has 0 aliphatic heterocycles. The molecule has 0 amide bonds. The summed E-state index contributed by atoms with van der Waals surface area (Å²) in [6.45, 7) is 0.250. The molecule has 2 aromatic heterocycles. The van der Waals surface area contributed by atoms with Gasteiger partial charge in [0.05, 0.1) is 13.7 Å². The zero-order valence-electron chi connectivity index (χ0n) is 7.02. The van der Waals surface area contributed by atoms with Crippen molar-refractivity contribution in [1.29, 1.82) is 0 Å². The molecule has 0 aromatic carbocycles. The molecule has 0 saturated carbocycles. The Bertz CT molecular complexity index is 425. The van der Waals surface area contributed by atoms with E-state index in [1.54, 1.807) is 0 Å². The largest absolute Gasteiger partial charge is 0.480 e. The summed E-state index contributed by atoms with van der Waals surface area (Å²) in [5, 5.41) is 4.36. The van der Waals surface area contributed by atoms with Gasteiger partial charge >= 0.3 is 0 Å². The van der Waals surface area contributed by atoms with Gasteiger partial charge in [0.25, 0.3) is 0 Å². The van der Waals surface area contributed by atoms with Crippen LogP contribution >= 0.6 is 0 Å². The molecule has 0 spiro atoms. The third kappa shape index (κ3) is 1.11. The Balaban J connectivity index is 2.76. The predicted molar refractivity (Wildman–Crippen MR) is 44.0 cm³/mol. The number of hydrogen-bond acceptors (Lipinski definition) is 6. The molecule has 68 valence electrons. The Labute approximate surface area is 73.7 Å². The molecule has 0 unspecified atom stereocenters. The van der Waals surface area contributed by atoms with Crippen molar-refractivity contribution < 1.29 is 9.26 Å². The van der Waals surface area contributed by atoms with Crippen LogP contribution in [0.25, 0.3) is 11.0 Å². The van der Waals surface area contributed by atoms with Crippen molar-refractivity contribution in [3.05, 3.63) is 12.1 Å². The zero-order chi connectivity index (χ0) is 9.26. The maximum atomic E-state index is 5.44. The van der Waals surface area contributed by atoms with E-state index in [2.05, 4.69) is 15.1 Å². The third-order valence-corrected chi connectivity index (χ3v) is 1.69. The molecule has 0 aliphatic rings. The molecular weight excluding hydrogens is 172 g/mol. The van der Waals surface area contributed by atoms with Crippen LogP contribution in [0.5, 0.6) is 5.88 Å². The third-order valence-electron chi connectivity index (χ3n) is 1.69. The van der Waals surface area contributed by atoms with Gasteiger partial charge in [0.2, 0.25) is 11.5 Å². The molecule has 0 atom stereocenters. The molecule has 0 radical (unpaired) electrons. The minimum absolute atomic E-state index is 0.250. The Hall–Kier alpha value is -1.69. The van der Waals surface area contributed by atoms with Gasteiger partial charge < -0.3 is 15.0 Å². The van der Waals surface area contributed by atoms with Gasteiger partial charge in [0.15, 0.2) is 5.76 Å². The standard InChI is InChI=1S/C7H8N4O2/c1-12-7-5-4(2-8)13-11-6(5)9-3-10-7/h3H,2,8H2,1H3. The summed E-state index contributed by atoms with van der Waals surface area (Å²) in [7, 11) is 1.52. The fourth-order valence-electron chi connectivity index (χ4n) is 1.11. The fourth-order valence-corrected chi connectivity index (χ4v) is 1.11. The number of rotatable bonds is 2. The minimum Gasteiger partial charge on any atom is -0.480 e. The van der Waals surface area contributed by atoms with Crippen LogP contribution in [0.1, 0.15) is 5.76 Å². The van der Waals surface area contributed by atoms with Crippen LogP contribution in [0, 0.1) is 0 Å². The number of methoxy groups -OCH3 is 1. The van der Waals surface area contributed by atoms with Crippen molar-refractivity contribution in [3.8, 4) is 5.88 Å². The SMILES string of the molecule is COc1ncnc2noc(CN)c12. The fraction of sp³-hybridized carbons (Fsp3) is 0.286. The number of hydrogen-bond donors (Lipinski definition) is 1. The summed E-state index contributed by atoms with van der Waals surface area (Å²) in [5.74, 6) is 0.971. The number of aromatic nitrogens is 3. The highest BCUT2D eigenvalue weighted by molar-refractivity contribution is 5.81. The highest BCUT2D eigenvalue weighted by Crippen LogP contribution is 2.23. The zero-order valence-corrected chi connectivity index (χ0v) is 7.02. The Morgan fingerprint density at radius 1 is 1.54 bits per heavy atom. The Kier molecular flexibility index (Phi) is 1.82. The molecule has 0 bridgehead atoms. The van der Waals surface area contributed by atoms with E-state index in [4.69, 9.17) is 15.0 Å². The van der Waals surface area contributed by atoms with Crippen molar-refractivity contribution >= 4 is 11.0 Å². The van der Waals surface area contributed by atoms with Crippen LogP contribution in [-0.4, -0.2) is 22.2 Å². The molecule has 0 saturated heterocycles. The number of fused-ring (bicyclic) bond motifs is 1. The monoisotopic (exact) mass is 180 g/mol. The molecule has 2 rings (SSSR count). The molecule has 0 fully saturated rings. The second-order valence-electron chi connectivity index (χ2n) is 2.39. The number of nitrogens with two attached hydrogens (primary N) is 1. The van der Waals surface area contributed by atoms with Crippen LogP contribution in [0.4, 0.5) is 0 Å². The average molecular weight is 180 g/mol. The molecule has 6 nitrogen and oxygen atoms in total. The van der Waals surface area contributed by atoms with Gasteiger partial charge in [-0.05, 0) is 0 Å². The van der Waals surface area contributed by atoms with Crippen molar-refractivity contribution in [2.24, 2.45) is 5.73 Å². The van der Waals surface area contributed by atoms with Crippen molar-refractivity contribution in [2.75, 3.05) is 7.11 Å². The first-order valence-corrected chi connectivity index (χ1v) is 3.70. The highest BCUT2D eigenvalue weighted by Gasteiger charge is 2.13. The quantitative estimate of drug-likeness (QED) is 0.704. The van der Waals surface area contributed by atoms with Gasteiger partial charge in [0.1, 0.15) is 11.7 Å². The topological polar surface area (TPSA) is 87.1 Å². The first-order chi connectivity index (χ1) is 6.36. The lowest BCUT2D eigenvalue weighted by Gasteiger charge is -1.97. The molecule has 2 heterocycles. The van der Waals surface area contributed by atoms with Crippen LogP contribution in [0.2, 0.25) is 0 Å². The summed E-state index contributed by atoms with van der Waals surface area (Å²) in [6, 6.07) is 0. The summed E-state index contributed by atoms with van der Waals surface area (Å²) in [6.07, 6.45) is 1.37. The lowest BCUT2D eigenvalue weighted by atomic mass is 10.3. The Morgan fingerprint density at radius 2 is 2.38 bits per heavy atom. The van der Waals surface area contributed by atoms with Gasteiger partial charge in [0, 0.05) is 0 Å². The van der Waals surface area contributed by atoms with Crippen molar-refractivity contribution in [3.63, 3.8) is 0 Å². The summed E-state index contributed by atoms with van der Waals surface area (Å²) < 4.78 is 9.97. The summed E-state index contributed by atoms with van der Waals surface area (Å²) in [4.78, 5) is 7.82. The molecule has 2 N–H and O–H groups in total. The van der Waals surface area contributed by atoms with E-state index in [0.717, 1.165) is 0 Å². The molecule has 13 heavy (non-hydrogen) atoms. The highest BCUT2D eigenvalue weighted by atomic mass is 16.5. The van der Waals surface area contributed by atoms with E-state index in [0.29, 0.717) is 22.7 Å². The van der Waals surface area contributed by atoms with Crippen LogP contribution in [0.3, 0.4) is 0 Å². The first-order valence-electron chi connectivity index (χ1n) is 3.70. The van der Waals surface area contributed by atoms with E-state index in [9.17, 15) is 0 Å². The molecule has 2 aromatic rings. The molecular formula is C7H8N4O2. The van der Waals surface area contributed by atoms with Crippen molar-refractivity contribution in [2.45, 2.75) is 6.54 Å². The molecule has 6 heteroatoms. The van der Waals surface area contributed by atoms with Gasteiger partial charge in [-0.25, -0.2) is 9.97 Å². The van der Waals surface area contributed by atoms with Gasteiger partial charge in [-0.15, -0.1) is 0 Å². The minimum atomic E-state index is 0.250. The van der Waals surface area contributed by atoms with E-state index >= 15 is 0 Å². The van der Waals surface area contributed by atoms with Crippen molar-refractivity contribution in [1.82, 2.24) is 15.1 Å². The van der Waals surface area contributed by atoms with Crippen LogP contribution in [-0.2, 0) is 6.54 Å². The maximum Gasteiger partial charge on any atom is 0.229 e. The molecule has 0 aliphatic carbocycles. The lowest BCUT2D eigenvalue weighted by Crippen LogP contribution is -1.97. The maximum absolute atomic E-state index is 5.44. The summed E-state index contributed by atoms with van der Waals surface area (Å²) in [5.41, 5.74) is 5.90. The van der Waals surface area contributed by atoms with E-state index in [1.807, 2.05) is 0 Å². The number of nitrogens with zero attached hydrogens (tertiary/aromatic N) is 3. The average Bonchev–Trinajstić information content (AvgIpc) is 2.60. The second kappa shape index (κ2) is 2.98. The van der Waals surface area contributed by atoms with Gasteiger partial charge in [-0.1, -0.05) is 5.16 Å². The van der Waals surface area contributed by atoms with Gasteiger partial charge in [-0.3, -0.25) is 0 Å². The van der Waals surface area contributed by atoms with E-state index in [-0.39, 0.29) is 6.54 Å². The predicted octanol–water partition coefficient (Wildman–Crippen LogP) is 0.0851. The Morgan fingerprint density at radius 3 is 3.08 bits per heavy atom. The number of ether oxygens (including phenoxy) is 1. The first kappa shape index (κ1) is 7.93. The normalized spacial score (nSPS) is 10.6. The lowest BCUT2D eigenvalue weighted by molar-refractivity contribution is 0.387. The second-order valence-corrected chi connectivity index (χ2v) is 2.39. The van der Waals surface area contributed by atoms with Crippen LogP contribution in [0.15, 0.2) is 10.9 Å². The van der Waals surface area contributed by atoms with Crippen LogP contribution < -0.4 is 10.5 Å².